The van der Waals surface area contributed by atoms with Crippen LogP contribution >= 0.6 is 0 Å². The van der Waals surface area contributed by atoms with Gasteiger partial charge in [0.05, 0.1) is 5.69 Å². The summed E-state index contributed by atoms with van der Waals surface area (Å²) in [5, 5.41) is 2.27. The fourth-order valence-corrected chi connectivity index (χ4v) is 6.97. The predicted molar refractivity (Wildman–Crippen MR) is 208 cm³/mol. The molecule has 0 saturated heterocycles. The first-order valence-corrected chi connectivity index (χ1v) is 16.9. The van der Waals surface area contributed by atoms with E-state index in [1.165, 1.54) is 11.1 Å². The Balaban J connectivity index is 1.22. The summed E-state index contributed by atoms with van der Waals surface area (Å²) < 4.78 is 6.22. The fraction of sp³-hybridized carbons (Fsp3) is 0. The minimum absolute atomic E-state index is 0.897. The minimum atomic E-state index is 0.897. The van der Waals surface area contributed by atoms with Gasteiger partial charge >= 0.3 is 0 Å². The lowest BCUT2D eigenvalue weighted by Crippen LogP contribution is -2.11. The van der Waals surface area contributed by atoms with Crippen molar-refractivity contribution < 1.29 is 4.42 Å². The second kappa shape index (κ2) is 12.7. The van der Waals surface area contributed by atoms with Gasteiger partial charge in [0.1, 0.15) is 11.2 Å². The number of anilines is 3. The van der Waals surface area contributed by atoms with Gasteiger partial charge in [-0.15, -0.1) is 0 Å². The largest absolute Gasteiger partial charge is 0.456 e. The van der Waals surface area contributed by atoms with Crippen molar-refractivity contribution >= 4 is 39.0 Å². The summed E-state index contributed by atoms with van der Waals surface area (Å²) >= 11 is 0. The average Bonchev–Trinajstić information content (AvgIpc) is 3.59. The topological polar surface area (TPSA) is 29.3 Å². The average molecular weight is 641 g/mol. The van der Waals surface area contributed by atoms with Crippen molar-refractivity contribution in [2.45, 2.75) is 0 Å². The molecule has 50 heavy (non-hydrogen) atoms. The molecule has 7 aromatic carbocycles. The van der Waals surface area contributed by atoms with Crippen molar-refractivity contribution in [2.75, 3.05) is 4.90 Å². The molecule has 0 aliphatic heterocycles. The fourth-order valence-electron chi connectivity index (χ4n) is 6.97. The van der Waals surface area contributed by atoms with Crippen LogP contribution in [0.15, 0.2) is 199 Å². The van der Waals surface area contributed by atoms with Crippen LogP contribution in [0, 0.1) is 0 Å². The molecule has 2 heterocycles. The van der Waals surface area contributed by atoms with E-state index < -0.39 is 0 Å². The number of rotatable bonds is 7. The number of nitrogens with zero attached hydrogens (tertiary/aromatic N) is 2. The number of benzene rings is 7. The van der Waals surface area contributed by atoms with E-state index in [9.17, 15) is 0 Å². The first-order valence-electron chi connectivity index (χ1n) is 16.9. The van der Waals surface area contributed by atoms with Gasteiger partial charge in [-0.2, -0.15) is 0 Å². The highest BCUT2D eigenvalue weighted by molar-refractivity contribution is 6.12. The molecule has 0 fully saturated rings. The van der Waals surface area contributed by atoms with Crippen LogP contribution in [-0.4, -0.2) is 4.98 Å². The Kier molecular flexibility index (Phi) is 7.49. The number of hydrogen-bond donors (Lipinski definition) is 0. The monoisotopic (exact) mass is 640 g/mol. The van der Waals surface area contributed by atoms with E-state index in [0.717, 1.165) is 72.4 Å². The number of fused-ring (bicyclic) bond motifs is 3. The molecule has 236 valence electrons. The van der Waals surface area contributed by atoms with Crippen molar-refractivity contribution in [3.63, 3.8) is 0 Å². The standard InChI is InChI=1S/C47H32N2O/c1-3-10-33(11-4-1)34-18-23-39(24-19-34)49(44-32-38(35-28-30-48-31-29-35)22-27-41(44)36-12-5-2-6-13-36)40-25-20-37(21-26-40)42-15-9-17-46-47(42)43-14-7-8-16-45(43)50-46/h1-32H. The molecule has 2 aromatic heterocycles. The van der Waals surface area contributed by atoms with Gasteiger partial charge in [-0.25, -0.2) is 0 Å². The number of para-hydroxylation sites is 1. The third-order valence-corrected chi connectivity index (χ3v) is 9.41. The van der Waals surface area contributed by atoms with Crippen LogP contribution in [0.1, 0.15) is 0 Å². The maximum absolute atomic E-state index is 6.22. The molecule has 0 saturated carbocycles. The van der Waals surface area contributed by atoms with E-state index in [4.69, 9.17) is 4.42 Å². The highest BCUT2D eigenvalue weighted by Gasteiger charge is 2.20. The van der Waals surface area contributed by atoms with Crippen LogP contribution in [0.2, 0.25) is 0 Å². The van der Waals surface area contributed by atoms with Gasteiger partial charge in [0.2, 0.25) is 0 Å². The number of furan rings is 1. The molecule has 0 N–H and O–H groups in total. The van der Waals surface area contributed by atoms with Crippen molar-refractivity contribution in [1.82, 2.24) is 4.98 Å². The molecule has 9 aromatic rings. The van der Waals surface area contributed by atoms with E-state index >= 15 is 0 Å². The lowest BCUT2D eigenvalue weighted by atomic mass is 9.96. The minimum Gasteiger partial charge on any atom is -0.456 e. The Bertz CT molecular complexity index is 2560. The predicted octanol–water partition coefficient (Wildman–Crippen LogP) is 13.1. The van der Waals surface area contributed by atoms with Crippen molar-refractivity contribution in [3.05, 3.63) is 194 Å². The molecular formula is C47H32N2O. The number of hydrogen-bond acceptors (Lipinski definition) is 3. The SMILES string of the molecule is c1ccc(-c2ccc(N(c3ccc(-c4cccc5oc6ccccc6c45)cc3)c3cc(-c4ccncc4)ccc3-c3ccccc3)cc2)cc1. The molecule has 0 aliphatic rings. The maximum atomic E-state index is 6.22. The summed E-state index contributed by atoms with van der Waals surface area (Å²) in [4.78, 5) is 6.65. The zero-order chi connectivity index (χ0) is 33.3. The molecular weight excluding hydrogens is 609 g/mol. The first-order chi connectivity index (χ1) is 24.8. The lowest BCUT2D eigenvalue weighted by molar-refractivity contribution is 0.669. The lowest BCUT2D eigenvalue weighted by Gasteiger charge is -2.29. The molecule has 9 rings (SSSR count). The van der Waals surface area contributed by atoms with Crippen molar-refractivity contribution in [2.24, 2.45) is 0 Å². The molecule has 0 bridgehead atoms. The summed E-state index contributed by atoms with van der Waals surface area (Å²) in [6.07, 6.45) is 3.70. The van der Waals surface area contributed by atoms with Gasteiger partial charge in [-0.3, -0.25) is 4.98 Å². The molecule has 3 heteroatoms. The summed E-state index contributed by atoms with van der Waals surface area (Å²) in [5.74, 6) is 0. The summed E-state index contributed by atoms with van der Waals surface area (Å²) in [7, 11) is 0. The van der Waals surface area contributed by atoms with Gasteiger partial charge < -0.3 is 9.32 Å². The van der Waals surface area contributed by atoms with Crippen LogP contribution in [-0.2, 0) is 0 Å². The number of pyridine rings is 1. The van der Waals surface area contributed by atoms with Gasteiger partial charge in [0.25, 0.3) is 0 Å². The smallest absolute Gasteiger partial charge is 0.136 e. The zero-order valence-corrected chi connectivity index (χ0v) is 27.3. The Hall–Kier alpha value is -6.71. The summed E-state index contributed by atoms with van der Waals surface area (Å²) in [6.45, 7) is 0. The third-order valence-electron chi connectivity index (χ3n) is 9.41. The zero-order valence-electron chi connectivity index (χ0n) is 27.3. The second-order valence-electron chi connectivity index (χ2n) is 12.4. The second-order valence-corrected chi connectivity index (χ2v) is 12.4. The van der Waals surface area contributed by atoms with Crippen molar-refractivity contribution in [3.8, 4) is 44.5 Å². The molecule has 3 nitrogen and oxygen atoms in total. The van der Waals surface area contributed by atoms with Crippen LogP contribution in [0.5, 0.6) is 0 Å². The first kappa shape index (κ1) is 29.4. The summed E-state index contributed by atoms with van der Waals surface area (Å²) in [5.41, 5.74) is 14.2. The molecule has 0 aliphatic carbocycles. The highest BCUT2D eigenvalue weighted by Crippen LogP contribution is 2.44. The van der Waals surface area contributed by atoms with Gasteiger partial charge in [0, 0.05) is 40.1 Å². The van der Waals surface area contributed by atoms with E-state index in [1.54, 1.807) is 0 Å². The van der Waals surface area contributed by atoms with E-state index in [1.807, 2.05) is 24.5 Å². The molecule has 0 unspecified atom stereocenters. The summed E-state index contributed by atoms with van der Waals surface area (Å²) in [6, 6.07) is 64.4. The quantitative estimate of drug-likeness (QED) is 0.174. The molecule has 0 radical (unpaired) electrons. The molecule has 0 amide bonds. The maximum Gasteiger partial charge on any atom is 0.136 e. The van der Waals surface area contributed by atoms with E-state index in [0.29, 0.717) is 0 Å². The highest BCUT2D eigenvalue weighted by atomic mass is 16.3. The van der Waals surface area contributed by atoms with Crippen LogP contribution < -0.4 is 4.90 Å². The van der Waals surface area contributed by atoms with Crippen LogP contribution in [0.3, 0.4) is 0 Å². The van der Waals surface area contributed by atoms with E-state index in [-0.39, 0.29) is 0 Å². The third kappa shape index (κ3) is 5.41. The van der Waals surface area contributed by atoms with Gasteiger partial charge in [-0.1, -0.05) is 127 Å². The van der Waals surface area contributed by atoms with Gasteiger partial charge in [0.15, 0.2) is 0 Å². The van der Waals surface area contributed by atoms with Crippen molar-refractivity contribution in [1.29, 1.82) is 0 Å². The Morgan fingerprint density at radius 3 is 1.64 bits per heavy atom. The Labute approximate surface area is 291 Å². The Morgan fingerprint density at radius 1 is 0.380 bits per heavy atom. The van der Waals surface area contributed by atoms with E-state index in [2.05, 4.69) is 180 Å². The normalized spacial score (nSPS) is 11.2. The molecule has 0 spiro atoms. The van der Waals surface area contributed by atoms with Gasteiger partial charge in [-0.05, 0) is 93.5 Å². The Morgan fingerprint density at radius 2 is 0.920 bits per heavy atom. The van der Waals surface area contributed by atoms with Crippen LogP contribution in [0.4, 0.5) is 17.1 Å². The van der Waals surface area contributed by atoms with Crippen LogP contribution in [0.25, 0.3) is 66.4 Å². The number of aromatic nitrogens is 1. The molecule has 0 atom stereocenters.